The third-order valence-electron chi connectivity index (χ3n) is 3.84. The molecule has 1 saturated heterocycles. The Morgan fingerprint density at radius 3 is 2.59 bits per heavy atom. The molecule has 1 aliphatic heterocycles. The molecule has 22 heavy (non-hydrogen) atoms. The van der Waals surface area contributed by atoms with Gasteiger partial charge in [0.15, 0.2) is 5.78 Å². The van der Waals surface area contributed by atoms with Gasteiger partial charge in [0.2, 0.25) is 10.0 Å². The van der Waals surface area contributed by atoms with Gasteiger partial charge < -0.3 is 0 Å². The van der Waals surface area contributed by atoms with Gasteiger partial charge >= 0.3 is 0 Å². The zero-order valence-electron chi connectivity index (χ0n) is 12.1. The van der Waals surface area contributed by atoms with E-state index < -0.39 is 10.0 Å². The zero-order chi connectivity index (χ0) is 15.7. The van der Waals surface area contributed by atoms with Gasteiger partial charge in [0.05, 0.1) is 17.1 Å². The Bertz CT molecular complexity index is 769. The molecule has 1 atom stereocenters. The minimum atomic E-state index is -3.54. The molecular formula is C14H16N4O3S. The summed E-state index contributed by atoms with van der Waals surface area (Å²) in [7, 11) is -3.54. The molecule has 1 aromatic carbocycles. The van der Waals surface area contributed by atoms with Crippen LogP contribution in [0.3, 0.4) is 0 Å². The second-order valence-corrected chi connectivity index (χ2v) is 7.21. The topological polar surface area (TPSA) is 85.2 Å². The van der Waals surface area contributed by atoms with Crippen LogP contribution < -0.4 is 0 Å². The molecule has 0 spiro atoms. The second kappa shape index (κ2) is 5.62. The predicted octanol–water partition coefficient (Wildman–Crippen LogP) is 1.12. The number of hydrogen-bond donors (Lipinski definition) is 0. The average Bonchev–Trinajstić information content (AvgIpc) is 3.18. The van der Waals surface area contributed by atoms with Crippen molar-refractivity contribution in [2.75, 3.05) is 13.1 Å². The van der Waals surface area contributed by atoms with Gasteiger partial charge in [-0.25, -0.2) is 13.1 Å². The van der Waals surface area contributed by atoms with E-state index in [1.807, 2.05) is 0 Å². The van der Waals surface area contributed by atoms with Crippen LogP contribution in [-0.4, -0.2) is 46.6 Å². The molecule has 2 heterocycles. The maximum absolute atomic E-state index is 12.6. The fourth-order valence-electron chi connectivity index (χ4n) is 2.57. The lowest BCUT2D eigenvalue weighted by Crippen LogP contribution is -2.29. The first kappa shape index (κ1) is 14.9. The summed E-state index contributed by atoms with van der Waals surface area (Å²) in [5.74, 6) is -0.0867. The van der Waals surface area contributed by atoms with Crippen LogP contribution in [0.25, 0.3) is 0 Å². The maximum Gasteiger partial charge on any atom is 0.243 e. The summed E-state index contributed by atoms with van der Waals surface area (Å²) in [6.07, 6.45) is 4.02. The smallest absolute Gasteiger partial charge is 0.243 e. The highest BCUT2D eigenvalue weighted by Crippen LogP contribution is 2.26. The number of sulfonamides is 1. The van der Waals surface area contributed by atoms with Crippen molar-refractivity contribution < 1.29 is 13.2 Å². The molecule has 1 aromatic heterocycles. The van der Waals surface area contributed by atoms with E-state index >= 15 is 0 Å². The van der Waals surface area contributed by atoms with Crippen LogP contribution >= 0.6 is 0 Å². The van der Waals surface area contributed by atoms with E-state index in [9.17, 15) is 13.2 Å². The van der Waals surface area contributed by atoms with Gasteiger partial charge in [0, 0.05) is 24.8 Å². The van der Waals surface area contributed by atoms with Gasteiger partial charge in [0.25, 0.3) is 0 Å². The summed E-state index contributed by atoms with van der Waals surface area (Å²) in [6.45, 7) is 2.27. The van der Waals surface area contributed by atoms with Crippen LogP contribution in [0.1, 0.15) is 29.7 Å². The summed E-state index contributed by atoms with van der Waals surface area (Å²) in [5, 5.41) is 7.68. The number of nitrogens with zero attached hydrogens (tertiary/aromatic N) is 4. The number of Topliss-reactive ketones (excluding diaryl/α,β-unsaturated/α-hetero) is 1. The summed E-state index contributed by atoms with van der Waals surface area (Å²) in [5.41, 5.74) is 0.501. The standard InChI is InChI=1S/C14H16N4O3S/c1-11(19)12-2-4-14(5-3-12)22(20,21)17-8-6-13(10-17)18-9-7-15-16-18/h2-5,7,9,13H,6,8,10H2,1H3/t13-/m0/s1. The molecule has 0 unspecified atom stereocenters. The molecule has 3 rings (SSSR count). The van der Waals surface area contributed by atoms with Crippen LogP contribution in [0.2, 0.25) is 0 Å². The van der Waals surface area contributed by atoms with E-state index in [0.29, 0.717) is 25.1 Å². The molecule has 1 fully saturated rings. The lowest BCUT2D eigenvalue weighted by molar-refractivity contribution is 0.101. The Hall–Kier alpha value is -2.06. The molecule has 0 saturated carbocycles. The summed E-state index contributed by atoms with van der Waals surface area (Å²) < 4.78 is 28.4. The minimum Gasteiger partial charge on any atom is -0.295 e. The molecular weight excluding hydrogens is 304 g/mol. The van der Waals surface area contributed by atoms with Crippen molar-refractivity contribution in [2.45, 2.75) is 24.3 Å². The molecule has 1 aliphatic rings. The van der Waals surface area contributed by atoms with Crippen LogP contribution in [-0.2, 0) is 10.0 Å². The van der Waals surface area contributed by atoms with Gasteiger partial charge in [-0.15, -0.1) is 5.10 Å². The Balaban J connectivity index is 1.80. The zero-order valence-corrected chi connectivity index (χ0v) is 12.9. The van der Waals surface area contributed by atoms with Crippen molar-refractivity contribution in [1.29, 1.82) is 0 Å². The largest absolute Gasteiger partial charge is 0.295 e. The summed E-state index contributed by atoms with van der Waals surface area (Å²) in [4.78, 5) is 11.5. The van der Waals surface area contributed by atoms with Crippen LogP contribution in [0.5, 0.6) is 0 Å². The summed E-state index contributed by atoms with van der Waals surface area (Å²) >= 11 is 0. The number of rotatable bonds is 4. The van der Waals surface area contributed by atoms with Crippen molar-refractivity contribution in [1.82, 2.24) is 19.3 Å². The van der Waals surface area contributed by atoms with E-state index in [4.69, 9.17) is 0 Å². The van der Waals surface area contributed by atoms with Crippen molar-refractivity contribution in [3.8, 4) is 0 Å². The van der Waals surface area contributed by atoms with E-state index in [2.05, 4.69) is 10.3 Å². The number of aromatic nitrogens is 3. The minimum absolute atomic E-state index is 0.00812. The highest BCUT2D eigenvalue weighted by Gasteiger charge is 2.33. The van der Waals surface area contributed by atoms with Gasteiger partial charge in [-0.1, -0.05) is 17.3 Å². The number of carbonyl (C=O) groups is 1. The van der Waals surface area contributed by atoms with Crippen molar-refractivity contribution in [2.24, 2.45) is 0 Å². The highest BCUT2D eigenvalue weighted by atomic mass is 32.2. The SMILES string of the molecule is CC(=O)c1ccc(S(=O)(=O)N2CC[C@H](n3ccnn3)C2)cc1. The van der Waals surface area contributed by atoms with Crippen molar-refractivity contribution in [3.05, 3.63) is 42.2 Å². The van der Waals surface area contributed by atoms with Crippen molar-refractivity contribution >= 4 is 15.8 Å². The number of carbonyl (C=O) groups excluding carboxylic acids is 1. The number of hydrogen-bond acceptors (Lipinski definition) is 5. The number of benzene rings is 1. The third-order valence-corrected chi connectivity index (χ3v) is 5.72. The Morgan fingerprint density at radius 2 is 2.00 bits per heavy atom. The first-order valence-electron chi connectivity index (χ1n) is 6.95. The molecule has 0 N–H and O–H groups in total. The molecule has 0 aliphatic carbocycles. The Kier molecular flexibility index (Phi) is 3.79. The predicted molar refractivity (Wildman–Crippen MR) is 78.9 cm³/mol. The Labute approximate surface area is 128 Å². The number of ketones is 1. The fraction of sp³-hybridized carbons (Fsp3) is 0.357. The molecule has 116 valence electrons. The fourth-order valence-corrected chi connectivity index (χ4v) is 4.06. The van der Waals surface area contributed by atoms with E-state index in [-0.39, 0.29) is 16.7 Å². The normalized spacial score (nSPS) is 19.4. The molecule has 7 nitrogen and oxygen atoms in total. The van der Waals surface area contributed by atoms with E-state index in [0.717, 1.165) is 0 Å². The monoisotopic (exact) mass is 320 g/mol. The average molecular weight is 320 g/mol. The maximum atomic E-state index is 12.6. The summed E-state index contributed by atoms with van der Waals surface area (Å²) in [6, 6.07) is 6.05. The molecule has 0 amide bonds. The van der Waals surface area contributed by atoms with Gasteiger partial charge in [-0.3, -0.25) is 4.79 Å². The molecule has 0 radical (unpaired) electrons. The third kappa shape index (κ3) is 2.67. The van der Waals surface area contributed by atoms with Gasteiger partial charge in [0.1, 0.15) is 0 Å². The lowest BCUT2D eigenvalue weighted by atomic mass is 10.2. The molecule has 0 bridgehead atoms. The van der Waals surface area contributed by atoms with Crippen molar-refractivity contribution in [3.63, 3.8) is 0 Å². The molecule has 2 aromatic rings. The Morgan fingerprint density at radius 1 is 1.27 bits per heavy atom. The van der Waals surface area contributed by atoms with E-state index in [1.165, 1.54) is 23.4 Å². The second-order valence-electron chi connectivity index (χ2n) is 5.27. The van der Waals surface area contributed by atoms with Crippen LogP contribution in [0.15, 0.2) is 41.6 Å². The first-order valence-corrected chi connectivity index (χ1v) is 8.39. The van der Waals surface area contributed by atoms with Crippen LogP contribution in [0.4, 0.5) is 0 Å². The quantitative estimate of drug-likeness (QED) is 0.788. The molecule has 8 heteroatoms. The lowest BCUT2D eigenvalue weighted by Gasteiger charge is -2.16. The first-order chi connectivity index (χ1) is 10.5. The van der Waals surface area contributed by atoms with Gasteiger partial charge in [-0.2, -0.15) is 4.31 Å². The van der Waals surface area contributed by atoms with E-state index in [1.54, 1.807) is 29.2 Å². The highest BCUT2D eigenvalue weighted by molar-refractivity contribution is 7.89. The van der Waals surface area contributed by atoms with Crippen LogP contribution in [0, 0.1) is 0 Å². The van der Waals surface area contributed by atoms with Gasteiger partial charge in [-0.05, 0) is 25.5 Å².